The van der Waals surface area contributed by atoms with Crippen LogP contribution in [0.3, 0.4) is 0 Å². The molecule has 7 nitrogen and oxygen atoms in total. The van der Waals surface area contributed by atoms with Crippen LogP contribution >= 0.6 is 0 Å². The second-order valence-electron chi connectivity index (χ2n) is 9.16. The van der Waals surface area contributed by atoms with Crippen molar-refractivity contribution in [2.24, 2.45) is 0 Å². The maximum atomic E-state index is 13.3. The molecule has 1 fully saturated rings. The van der Waals surface area contributed by atoms with Gasteiger partial charge in [0.15, 0.2) is 5.82 Å². The van der Waals surface area contributed by atoms with Gasteiger partial charge in [0.25, 0.3) is 0 Å². The Morgan fingerprint density at radius 3 is 2.47 bits per heavy atom. The molecule has 1 aromatic carbocycles. The number of nitrogens with one attached hydrogen (secondary N) is 1. The van der Waals surface area contributed by atoms with Crippen molar-refractivity contribution < 1.29 is 13.2 Å². The Hall–Kier alpha value is -3.14. The summed E-state index contributed by atoms with van der Waals surface area (Å²) < 4.78 is 39.8. The predicted molar refractivity (Wildman–Crippen MR) is 129 cm³/mol. The monoisotopic (exact) mass is 473 g/mol. The average molecular weight is 474 g/mol. The number of nitrogens with zero attached hydrogens (tertiary/aromatic N) is 5. The van der Waals surface area contributed by atoms with Gasteiger partial charge in [0.05, 0.1) is 34.7 Å². The fraction of sp³-hybridized carbons (Fsp3) is 0.458. The second-order valence-corrected chi connectivity index (χ2v) is 9.16. The van der Waals surface area contributed by atoms with E-state index in [0.717, 1.165) is 49.1 Å². The summed E-state index contributed by atoms with van der Waals surface area (Å²) in [4.78, 5) is 9.22. The number of hydrogen-bond donors (Lipinski definition) is 2. The largest absolute Gasteiger partial charge is 0.416 e. The first-order valence-electron chi connectivity index (χ1n) is 11.3. The van der Waals surface area contributed by atoms with Gasteiger partial charge >= 0.3 is 6.18 Å². The lowest BCUT2D eigenvalue weighted by Crippen LogP contribution is -2.42. The smallest absolute Gasteiger partial charge is 0.399 e. The third-order valence-corrected chi connectivity index (χ3v) is 6.49. The maximum Gasteiger partial charge on any atom is 0.416 e. The second kappa shape index (κ2) is 9.25. The molecule has 3 aromatic rings. The number of anilines is 3. The van der Waals surface area contributed by atoms with Crippen molar-refractivity contribution in [3.63, 3.8) is 0 Å². The number of fused-ring (bicyclic) bond motifs is 1. The Balaban J connectivity index is 1.64. The van der Waals surface area contributed by atoms with Gasteiger partial charge in [0, 0.05) is 30.2 Å². The molecular formula is C24H30F3N7. The first kappa shape index (κ1) is 24.0. The van der Waals surface area contributed by atoms with Crippen LogP contribution in [0.1, 0.15) is 42.6 Å². The number of benzene rings is 1. The zero-order valence-corrected chi connectivity index (χ0v) is 19.8. The topological polar surface area (TPSA) is 83.2 Å². The first-order valence-corrected chi connectivity index (χ1v) is 11.3. The number of halogens is 3. The van der Waals surface area contributed by atoms with Crippen molar-refractivity contribution >= 4 is 28.1 Å². The summed E-state index contributed by atoms with van der Waals surface area (Å²) in [5.41, 5.74) is 7.84. The highest BCUT2D eigenvalue weighted by atomic mass is 19.4. The molecule has 1 atom stereocenters. The average Bonchev–Trinajstić information content (AvgIpc) is 2.79. The van der Waals surface area contributed by atoms with E-state index in [2.05, 4.69) is 44.4 Å². The van der Waals surface area contributed by atoms with E-state index in [4.69, 9.17) is 5.73 Å². The van der Waals surface area contributed by atoms with Crippen LogP contribution < -0.4 is 16.0 Å². The third kappa shape index (κ3) is 5.01. The van der Waals surface area contributed by atoms with Crippen molar-refractivity contribution in [3.05, 3.63) is 47.3 Å². The van der Waals surface area contributed by atoms with Crippen LogP contribution in [0, 0.1) is 6.92 Å². The zero-order chi connectivity index (χ0) is 24.6. The highest BCUT2D eigenvalue weighted by Crippen LogP contribution is 2.34. The molecule has 0 aliphatic carbocycles. The van der Waals surface area contributed by atoms with E-state index < -0.39 is 17.8 Å². The molecule has 1 aliphatic rings. The highest BCUT2D eigenvalue weighted by Gasteiger charge is 2.31. The van der Waals surface area contributed by atoms with E-state index in [-0.39, 0.29) is 5.69 Å². The van der Waals surface area contributed by atoms with Gasteiger partial charge in [-0.3, -0.25) is 4.98 Å². The fourth-order valence-electron chi connectivity index (χ4n) is 4.45. The fourth-order valence-corrected chi connectivity index (χ4v) is 4.45. The van der Waals surface area contributed by atoms with E-state index >= 15 is 0 Å². The Labute approximate surface area is 197 Å². The van der Waals surface area contributed by atoms with Gasteiger partial charge in [-0.1, -0.05) is 0 Å². The Bertz CT molecular complexity index is 1170. The van der Waals surface area contributed by atoms with Gasteiger partial charge in [-0.05, 0) is 70.6 Å². The van der Waals surface area contributed by atoms with E-state index in [1.807, 2.05) is 19.2 Å². The SMILES string of the molecule is Cc1nnc(N[C@H](C)c2cc(N)cc(C(F)(F)F)c2)c2cc(N3CCC(N(C)C)CC3)cnc12. The van der Waals surface area contributed by atoms with Gasteiger partial charge in [0.2, 0.25) is 0 Å². The van der Waals surface area contributed by atoms with Crippen LogP contribution in [0.2, 0.25) is 0 Å². The van der Waals surface area contributed by atoms with E-state index in [1.165, 1.54) is 6.07 Å². The van der Waals surface area contributed by atoms with Gasteiger partial charge in [-0.15, -0.1) is 5.10 Å². The lowest BCUT2D eigenvalue weighted by molar-refractivity contribution is -0.137. The molecule has 1 saturated heterocycles. The Morgan fingerprint density at radius 1 is 1.12 bits per heavy atom. The lowest BCUT2D eigenvalue weighted by Gasteiger charge is -2.36. The normalized spacial score (nSPS) is 16.3. The summed E-state index contributed by atoms with van der Waals surface area (Å²) in [6, 6.07) is 5.70. The molecule has 0 radical (unpaired) electrons. The quantitative estimate of drug-likeness (QED) is 0.523. The molecule has 0 saturated carbocycles. The van der Waals surface area contributed by atoms with Crippen LogP contribution in [-0.2, 0) is 6.18 Å². The molecule has 2 aromatic heterocycles. The van der Waals surface area contributed by atoms with Crippen LogP contribution in [0.25, 0.3) is 10.9 Å². The van der Waals surface area contributed by atoms with Crippen LogP contribution in [0.4, 0.5) is 30.4 Å². The third-order valence-electron chi connectivity index (χ3n) is 6.49. The maximum absolute atomic E-state index is 13.3. The number of alkyl halides is 3. The van der Waals surface area contributed by atoms with E-state index in [9.17, 15) is 13.2 Å². The molecule has 0 amide bonds. The number of pyridine rings is 1. The number of nitrogen functional groups attached to an aromatic ring is 1. The zero-order valence-electron chi connectivity index (χ0n) is 19.8. The first-order chi connectivity index (χ1) is 16.0. The van der Waals surface area contributed by atoms with E-state index in [1.54, 1.807) is 6.92 Å². The summed E-state index contributed by atoms with van der Waals surface area (Å²) in [7, 11) is 4.22. The minimum atomic E-state index is -4.47. The van der Waals surface area contributed by atoms with Gasteiger partial charge in [0.1, 0.15) is 0 Å². The van der Waals surface area contributed by atoms with Crippen molar-refractivity contribution in [2.45, 2.75) is 44.9 Å². The van der Waals surface area contributed by atoms with Gasteiger partial charge in [-0.25, -0.2) is 0 Å². The van der Waals surface area contributed by atoms with E-state index in [0.29, 0.717) is 28.6 Å². The minimum absolute atomic E-state index is 0.0587. The molecule has 182 valence electrons. The summed E-state index contributed by atoms with van der Waals surface area (Å²) in [6.45, 7) is 5.46. The number of aromatic nitrogens is 3. The van der Waals surface area contributed by atoms with Crippen molar-refractivity contribution in [1.29, 1.82) is 0 Å². The molecule has 0 spiro atoms. The summed E-state index contributed by atoms with van der Waals surface area (Å²) in [5, 5.41) is 12.5. The minimum Gasteiger partial charge on any atom is -0.399 e. The molecule has 3 heterocycles. The summed E-state index contributed by atoms with van der Waals surface area (Å²) >= 11 is 0. The predicted octanol–water partition coefficient (Wildman–Crippen LogP) is 4.64. The Morgan fingerprint density at radius 2 is 1.82 bits per heavy atom. The molecule has 4 rings (SSSR count). The van der Waals surface area contributed by atoms with Crippen LogP contribution in [0.5, 0.6) is 0 Å². The lowest BCUT2D eigenvalue weighted by atomic mass is 10.0. The Kier molecular flexibility index (Phi) is 6.53. The highest BCUT2D eigenvalue weighted by molar-refractivity contribution is 5.92. The molecule has 10 heteroatoms. The van der Waals surface area contributed by atoms with Gasteiger partial charge in [-0.2, -0.15) is 18.3 Å². The summed E-state index contributed by atoms with van der Waals surface area (Å²) in [5.74, 6) is 0.474. The molecule has 0 bridgehead atoms. The number of nitrogens with two attached hydrogens (primary N) is 1. The molecule has 3 N–H and O–H groups in total. The van der Waals surface area contributed by atoms with Crippen molar-refractivity contribution in [1.82, 2.24) is 20.1 Å². The van der Waals surface area contributed by atoms with Crippen LogP contribution in [0.15, 0.2) is 30.5 Å². The number of piperidine rings is 1. The number of rotatable bonds is 5. The molecular weight excluding hydrogens is 443 g/mol. The van der Waals surface area contributed by atoms with Crippen molar-refractivity contribution in [3.8, 4) is 0 Å². The standard InChI is InChI=1S/C24H30F3N7/c1-14(16-9-17(24(25,26)27)11-18(28)10-16)30-23-21-12-20(13-29-22(21)15(2)31-32-23)34-7-5-19(6-8-34)33(3)4/h9-14,19H,5-8,28H2,1-4H3,(H,30,32)/t14-/m1/s1. The number of hydrogen-bond acceptors (Lipinski definition) is 7. The van der Waals surface area contributed by atoms with Crippen molar-refractivity contribution in [2.75, 3.05) is 43.1 Å². The van der Waals surface area contributed by atoms with Gasteiger partial charge < -0.3 is 20.9 Å². The molecule has 0 unspecified atom stereocenters. The molecule has 34 heavy (non-hydrogen) atoms. The molecule has 1 aliphatic heterocycles. The number of aryl methyl sites for hydroxylation is 1. The van der Waals surface area contributed by atoms with Crippen LogP contribution in [-0.4, -0.2) is 53.3 Å². The summed E-state index contributed by atoms with van der Waals surface area (Å²) in [6.07, 6.45) is -0.484.